The van der Waals surface area contributed by atoms with E-state index in [1.165, 1.54) is 0 Å². The van der Waals surface area contributed by atoms with E-state index in [9.17, 15) is 0 Å². The first-order valence-corrected chi connectivity index (χ1v) is 6.27. The van der Waals surface area contributed by atoms with Gasteiger partial charge in [0.2, 0.25) is 0 Å². The lowest BCUT2D eigenvalue weighted by Crippen LogP contribution is -2.29. The summed E-state index contributed by atoms with van der Waals surface area (Å²) in [7, 11) is 1.63. The molecule has 5 heteroatoms. The Kier molecular flexibility index (Phi) is 6.50. The van der Waals surface area contributed by atoms with Crippen LogP contribution in [0.5, 0.6) is 5.75 Å². The monoisotopic (exact) mass is 303 g/mol. The second-order valence-corrected chi connectivity index (χ2v) is 4.54. The van der Waals surface area contributed by atoms with E-state index in [1.807, 2.05) is 23.1 Å². The largest absolute Gasteiger partial charge is 0.497 e. The zero-order valence-electron chi connectivity index (χ0n) is 9.90. The van der Waals surface area contributed by atoms with Crippen molar-refractivity contribution in [1.29, 1.82) is 0 Å². The predicted molar refractivity (Wildman–Crippen MR) is 70.1 cm³/mol. The lowest BCUT2D eigenvalue weighted by Gasteiger charge is -2.21. The molecule has 0 aliphatic carbocycles. The minimum Gasteiger partial charge on any atom is -0.497 e. The fourth-order valence-electron chi connectivity index (χ4n) is 1.59. The topological polar surface area (TPSA) is 52.9 Å². The van der Waals surface area contributed by atoms with Gasteiger partial charge in [0.1, 0.15) is 5.75 Å². The van der Waals surface area contributed by atoms with Gasteiger partial charge in [-0.25, -0.2) is 0 Å². The SMILES string of the molecule is COc1ccc(Br)c(CN(CCO)CCO)c1. The third kappa shape index (κ3) is 4.63. The van der Waals surface area contributed by atoms with Crippen molar-refractivity contribution in [1.82, 2.24) is 4.90 Å². The van der Waals surface area contributed by atoms with Crippen LogP contribution in [-0.2, 0) is 6.54 Å². The molecule has 0 saturated carbocycles. The highest BCUT2D eigenvalue weighted by molar-refractivity contribution is 9.10. The van der Waals surface area contributed by atoms with Crippen LogP contribution in [0.3, 0.4) is 0 Å². The first-order chi connectivity index (χ1) is 8.21. The number of nitrogens with zero attached hydrogens (tertiary/aromatic N) is 1. The maximum atomic E-state index is 8.95. The smallest absolute Gasteiger partial charge is 0.119 e. The second-order valence-electron chi connectivity index (χ2n) is 3.68. The van der Waals surface area contributed by atoms with Crippen LogP contribution >= 0.6 is 15.9 Å². The average molecular weight is 304 g/mol. The molecule has 96 valence electrons. The van der Waals surface area contributed by atoms with Gasteiger partial charge in [0.15, 0.2) is 0 Å². The van der Waals surface area contributed by atoms with Crippen LogP contribution in [0.15, 0.2) is 22.7 Å². The molecule has 0 aliphatic heterocycles. The van der Waals surface area contributed by atoms with Crippen molar-refractivity contribution in [3.8, 4) is 5.75 Å². The van der Waals surface area contributed by atoms with Crippen LogP contribution in [0.4, 0.5) is 0 Å². The summed E-state index contributed by atoms with van der Waals surface area (Å²) < 4.78 is 6.17. The quantitative estimate of drug-likeness (QED) is 0.796. The van der Waals surface area contributed by atoms with Crippen LogP contribution in [0, 0.1) is 0 Å². The molecule has 0 amide bonds. The first-order valence-electron chi connectivity index (χ1n) is 5.47. The van der Waals surface area contributed by atoms with E-state index in [0.29, 0.717) is 19.6 Å². The molecule has 0 spiro atoms. The van der Waals surface area contributed by atoms with E-state index in [1.54, 1.807) is 7.11 Å². The molecule has 0 atom stereocenters. The van der Waals surface area contributed by atoms with Gasteiger partial charge >= 0.3 is 0 Å². The number of aliphatic hydroxyl groups is 2. The molecule has 1 rings (SSSR count). The number of methoxy groups -OCH3 is 1. The number of rotatable bonds is 7. The van der Waals surface area contributed by atoms with Gasteiger partial charge in [-0.15, -0.1) is 0 Å². The van der Waals surface area contributed by atoms with Gasteiger partial charge in [0.25, 0.3) is 0 Å². The lowest BCUT2D eigenvalue weighted by atomic mass is 10.2. The standard InChI is InChI=1S/C12H18BrNO3/c1-17-11-2-3-12(13)10(8-11)9-14(4-6-15)5-7-16/h2-3,8,15-16H,4-7,9H2,1H3. The van der Waals surface area contributed by atoms with Crippen molar-refractivity contribution >= 4 is 15.9 Å². The summed E-state index contributed by atoms with van der Waals surface area (Å²) >= 11 is 3.48. The minimum absolute atomic E-state index is 0.0849. The Balaban J connectivity index is 2.76. The maximum absolute atomic E-state index is 8.95. The van der Waals surface area contributed by atoms with Gasteiger partial charge < -0.3 is 14.9 Å². The third-order valence-corrected chi connectivity index (χ3v) is 3.25. The molecular formula is C12H18BrNO3. The Morgan fingerprint density at radius 3 is 2.41 bits per heavy atom. The Morgan fingerprint density at radius 2 is 1.88 bits per heavy atom. The second kappa shape index (κ2) is 7.66. The van der Waals surface area contributed by atoms with Gasteiger partial charge in [0.05, 0.1) is 20.3 Å². The van der Waals surface area contributed by atoms with Crippen molar-refractivity contribution in [2.75, 3.05) is 33.4 Å². The summed E-state index contributed by atoms with van der Waals surface area (Å²) in [5.41, 5.74) is 1.08. The Morgan fingerprint density at radius 1 is 1.24 bits per heavy atom. The van der Waals surface area contributed by atoms with Crippen molar-refractivity contribution in [2.24, 2.45) is 0 Å². The molecule has 0 aliphatic rings. The molecule has 0 bridgehead atoms. The van der Waals surface area contributed by atoms with Crippen molar-refractivity contribution in [3.63, 3.8) is 0 Å². The van der Waals surface area contributed by atoms with E-state index < -0.39 is 0 Å². The maximum Gasteiger partial charge on any atom is 0.119 e. The van der Waals surface area contributed by atoms with Crippen molar-refractivity contribution in [2.45, 2.75) is 6.54 Å². The zero-order chi connectivity index (χ0) is 12.7. The van der Waals surface area contributed by atoms with E-state index in [-0.39, 0.29) is 13.2 Å². The molecule has 1 aromatic carbocycles. The van der Waals surface area contributed by atoms with E-state index in [2.05, 4.69) is 15.9 Å². The Labute approximate surface area is 110 Å². The Hall–Kier alpha value is -0.620. The predicted octanol–water partition coefficient (Wildman–Crippen LogP) is 1.24. The number of ether oxygens (including phenoxy) is 1. The fraction of sp³-hybridized carbons (Fsp3) is 0.500. The van der Waals surface area contributed by atoms with Crippen LogP contribution < -0.4 is 4.74 Å². The molecule has 2 N–H and O–H groups in total. The van der Waals surface area contributed by atoms with Crippen LogP contribution in [0.25, 0.3) is 0 Å². The number of aliphatic hydroxyl groups excluding tert-OH is 2. The van der Waals surface area contributed by atoms with E-state index in [0.717, 1.165) is 15.8 Å². The summed E-state index contributed by atoms with van der Waals surface area (Å²) in [5, 5.41) is 17.9. The summed E-state index contributed by atoms with van der Waals surface area (Å²) in [6, 6.07) is 5.77. The molecule has 0 heterocycles. The number of hydrogen-bond acceptors (Lipinski definition) is 4. The zero-order valence-corrected chi connectivity index (χ0v) is 11.5. The molecule has 0 aromatic heterocycles. The molecule has 1 aromatic rings. The van der Waals surface area contributed by atoms with Crippen molar-refractivity contribution < 1.29 is 14.9 Å². The highest BCUT2D eigenvalue weighted by atomic mass is 79.9. The van der Waals surface area contributed by atoms with E-state index >= 15 is 0 Å². The highest BCUT2D eigenvalue weighted by Crippen LogP contribution is 2.23. The van der Waals surface area contributed by atoms with Gasteiger partial charge in [-0.2, -0.15) is 0 Å². The minimum atomic E-state index is 0.0849. The lowest BCUT2D eigenvalue weighted by molar-refractivity contribution is 0.155. The molecular weight excluding hydrogens is 286 g/mol. The van der Waals surface area contributed by atoms with Gasteiger partial charge in [-0.3, -0.25) is 4.90 Å². The van der Waals surface area contributed by atoms with Gasteiger partial charge in [-0.1, -0.05) is 15.9 Å². The van der Waals surface area contributed by atoms with Crippen LogP contribution in [0.2, 0.25) is 0 Å². The molecule has 17 heavy (non-hydrogen) atoms. The number of hydrogen-bond donors (Lipinski definition) is 2. The summed E-state index contributed by atoms with van der Waals surface area (Å²) in [6.45, 7) is 1.93. The van der Waals surface area contributed by atoms with Crippen LogP contribution in [-0.4, -0.2) is 48.5 Å². The summed E-state index contributed by atoms with van der Waals surface area (Å²) in [5.74, 6) is 0.802. The highest BCUT2D eigenvalue weighted by Gasteiger charge is 2.08. The Bertz CT molecular complexity index is 341. The number of halogens is 1. The summed E-state index contributed by atoms with van der Waals surface area (Å²) in [4.78, 5) is 1.99. The van der Waals surface area contributed by atoms with Gasteiger partial charge in [-0.05, 0) is 23.8 Å². The fourth-order valence-corrected chi connectivity index (χ4v) is 1.96. The van der Waals surface area contributed by atoms with Crippen LogP contribution in [0.1, 0.15) is 5.56 Å². The van der Waals surface area contributed by atoms with Crippen molar-refractivity contribution in [3.05, 3.63) is 28.2 Å². The molecule has 0 unspecified atom stereocenters. The van der Waals surface area contributed by atoms with E-state index in [4.69, 9.17) is 14.9 Å². The number of benzene rings is 1. The molecule has 4 nitrogen and oxygen atoms in total. The first kappa shape index (κ1) is 14.4. The van der Waals surface area contributed by atoms with Gasteiger partial charge in [0, 0.05) is 24.1 Å². The molecule has 0 saturated heterocycles. The normalized spacial score (nSPS) is 10.9. The summed E-state index contributed by atoms with van der Waals surface area (Å²) in [6.07, 6.45) is 0. The third-order valence-electron chi connectivity index (χ3n) is 2.48. The average Bonchev–Trinajstić information content (AvgIpc) is 2.32. The molecule has 0 radical (unpaired) electrons. The molecule has 0 fully saturated rings.